The Morgan fingerprint density at radius 3 is 2.29 bits per heavy atom. The lowest BCUT2D eigenvalue weighted by molar-refractivity contribution is 0.393. The van der Waals surface area contributed by atoms with E-state index >= 15 is 0 Å². The first-order chi connectivity index (χ1) is 10.1. The van der Waals surface area contributed by atoms with E-state index in [1.54, 1.807) is 32.4 Å². The van der Waals surface area contributed by atoms with Gasteiger partial charge in [-0.3, -0.25) is 0 Å². The zero-order chi connectivity index (χ0) is 15.2. The van der Waals surface area contributed by atoms with Crippen LogP contribution in [0.2, 0.25) is 0 Å². The molecular weight excluding hydrogens is 289 g/mol. The maximum atomic E-state index is 13.6. The number of rotatable bonds is 6. The van der Waals surface area contributed by atoms with Gasteiger partial charge in [0.15, 0.2) is 0 Å². The van der Waals surface area contributed by atoms with Crippen LogP contribution in [0.4, 0.5) is 4.39 Å². The van der Waals surface area contributed by atoms with Crippen LogP contribution < -0.4 is 15.2 Å². The van der Waals surface area contributed by atoms with Gasteiger partial charge in [0, 0.05) is 22.8 Å². The lowest BCUT2D eigenvalue weighted by Gasteiger charge is -2.14. The Bertz CT molecular complexity index is 584. The van der Waals surface area contributed by atoms with Gasteiger partial charge < -0.3 is 15.2 Å². The second-order valence-corrected chi connectivity index (χ2v) is 5.56. The minimum Gasteiger partial charge on any atom is -0.497 e. The van der Waals surface area contributed by atoms with Crippen molar-refractivity contribution in [2.24, 2.45) is 5.73 Å². The SMILES string of the molecule is COc1cc(OC)cc(C(N)CSc2ccccc2F)c1. The van der Waals surface area contributed by atoms with Crippen molar-refractivity contribution in [1.29, 1.82) is 0 Å². The van der Waals surface area contributed by atoms with Crippen LogP contribution in [-0.2, 0) is 0 Å². The number of benzene rings is 2. The molecule has 0 aliphatic carbocycles. The number of halogens is 1. The highest BCUT2D eigenvalue weighted by molar-refractivity contribution is 7.99. The highest BCUT2D eigenvalue weighted by Crippen LogP contribution is 2.29. The number of methoxy groups -OCH3 is 2. The molecule has 0 saturated carbocycles. The molecule has 112 valence electrons. The zero-order valence-electron chi connectivity index (χ0n) is 12.0. The van der Waals surface area contributed by atoms with Crippen LogP contribution in [0.3, 0.4) is 0 Å². The molecule has 0 fully saturated rings. The van der Waals surface area contributed by atoms with Gasteiger partial charge in [-0.25, -0.2) is 4.39 Å². The molecule has 0 saturated heterocycles. The molecule has 0 radical (unpaired) electrons. The second-order valence-electron chi connectivity index (χ2n) is 4.49. The smallest absolute Gasteiger partial charge is 0.136 e. The molecule has 0 heterocycles. The third-order valence-electron chi connectivity index (χ3n) is 3.06. The van der Waals surface area contributed by atoms with Crippen molar-refractivity contribution in [3.8, 4) is 11.5 Å². The van der Waals surface area contributed by atoms with Gasteiger partial charge in [-0.15, -0.1) is 11.8 Å². The van der Waals surface area contributed by atoms with Crippen LogP contribution >= 0.6 is 11.8 Å². The van der Waals surface area contributed by atoms with Crippen molar-refractivity contribution in [2.45, 2.75) is 10.9 Å². The highest BCUT2D eigenvalue weighted by Gasteiger charge is 2.11. The van der Waals surface area contributed by atoms with Crippen molar-refractivity contribution in [1.82, 2.24) is 0 Å². The molecule has 1 unspecified atom stereocenters. The molecule has 2 rings (SSSR count). The topological polar surface area (TPSA) is 44.5 Å². The Labute approximate surface area is 128 Å². The summed E-state index contributed by atoms with van der Waals surface area (Å²) in [6.07, 6.45) is 0. The van der Waals surface area contributed by atoms with Gasteiger partial charge in [0.1, 0.15) is 17.3 Å². The Morgan fingerprint density at radius 1 is 1.10 bits per heavy atom. The molecule has 1 atom stereocenters. The molecule has 2 N–H and O–H groups in total. The van der Waals surface area contributed by atoms with E-state index in [4.69, 9.17) is 15.2 Å². The highest BCUT2D eigenvalue weighted by atomic mass is 32.2. The summed E-state index contributed by atoms with van der Waals surface area (Å²) in [5.41, 5.74) is 7.08. The third kappa shape index (κ3) is 4.12. The van der Waals surface area contributed by atoms with E-state index in [9.17, 15) is 4.39 Å². The lowest BCUT2D eigenvalue weighted by Crippen LogP contribution is -2.13. The van der Waals surface area contributed by atoms with Gasteiger partial charge in [-0.05, 0) is 29.8 Å². The van der Waals surface area contributed by atoms with Crippen molar-refractivity contribution in [2.75, 3.05) is 20.0 Å². The molecule has 0 aliphatic heterocycles. The monoisotopic (exact) mass is 307 g/mol. The predicted molar refractivity (Wildman–Crippen MR) is 83.6 cm³/mol. The molecule has 0 aliphatic rings. The first kappa shape index (κ1) is 15.7. The maximum Gasteiger partial charge on any atom is 0.136 e. The summed E-state index contributed by atoms with van der Waals surface area (Å²) >= 11 is 1.40. The van der Waals surface area contributed by atoms with E-state index in [0.29, 0.717) is 22.1 Å². The van der Waals surface area contributed by atoms with Crippen LogP contribution in [0.25, 0.3) is 0 Å². The van der Waals surface area contributed by atoms with E-state index in [1.165, 1.54) is 17.8 Å². The van der Waals surface area contributed by atoms with Gasteiger partial charge in [0.25, 0.3) is 0 Å². The number of nitrogens with two attached hydrogens (primary N) is 1. The molecule has 0 aromatic heterocycles. The minimum absolute atomic E-state index is 0.224. The van der Waals surface area contributed by atoms with Gasteiger partial charge in [0.2, 0.25) is 0 Å². The molecule has 3 nitrogen and oxygen atoms in total. The molecule has 21 heavy (non-hydrogen) atoms. The summed E-state index contributed by atoms with van der Waals surface area (Å²) < 4.78 is 24.0. The summed E-state index contributed by atoms with van der Waals surface area (Å²) in [4.78, 5) is 0.600. The number of hydrogen-bond acceptors (Lipinski definition) is 4. The fraction of sp³-hybridized carbons (Fsp3) is 0.250. The van der Waals surface area contributed by atoms with Gasteiger partial charge in [-0.2, -0.15) is 0 Å². The van der Waals surface area contributed by atoms with E-state index in [-0.39, 0.29) is 11.9 Å². The Balaban J connectivity index is 2.09. The third-order valence-corrected chi connectivity index (χ3v) is 4.22. The molecule has 2 aromatic carbocycles. The first-order valence-electron chi connectivity index (χ1n) is 6.50. The number of ether oxygens (including phenoxy) is 2. The largest absolute Gasteiger partial charge is 0.497 e. The first-order valence-corrected chi connectivity index (χ1v) is 7.48. The van der Waals surface area contributed by atoms with Gasteiger partial charge >= 0.3 is 0 Å². The van der Waals surface area contributed by atoms with E-state index in [1.807, 2.05) is 18.2 Å². The second kappa shape index (κ2) is 7.33. The average Bonchev–Trinajstić information content (AvgIpc) is 2.53. The van der Waals surface area contributed by atoms with Crippen LogP contribution in [0, 0.1) is 5.82 Å². The Kier molecular flexibility index (Phi) is 5.47. The quantitative estimate of drug-likeness (QED) is 0.828. The predicted octanol–water partition coefficient (Wildman–Crippen LogP) is 3.64. The summed E-state index contributed by atoms with van der Waals surface area (Å²) in [5.74, 6) is 1.72. The van der Waals surface area contributed by atoms with Crippen LogP contribution in [0.15, 0.2) is 47.4 Å². The van der Waals surface area contributed by atoms with Crippen molar-refractivity contribution < 1.29 is 13.9 Å². The Hall–Kier alpha value is -1.72. The molecule has 5 heteroatoms. The number of thioether (sulfide) groups is 1. The van der Waals surface area contributed by atoms with E-state index in [0.717, 1.165) is 5.56 Å². The minimum atomic E-state index is -0.237. The van der Waals surface area contributed by atoms with E-state index in [2.05, 4.69) is 0 Å². The standard InChI is InChI=1S/C16H18FNO2S/c1-19-12-7-11(8-13(9-12)20-2)15(18)10-21-16-6-4-3-5-14(16)17/h3-9,15H,10,18H2,1-2H3. The molecule has 0 amide bonds. The van der Waals surface area contributed by atoms with Gasteiger partial charge in [0.05, 0.1) is 14.2 Å². The summed E-state index contributed by atoms with van der Waals surface area (Å²) in [5, 5.41) is 0. The zero-order valence-corrected chi connectivity index (χ0v) is 12.8. The van der Waals surface area contributed by atoms with Crippen molar-refractivity contribution >= 4 is 11.8 Å². The van der Waals surface area contributed by atoms with Crippen molar-refractivity contribution in [3.63, 3.8) is 0 Å². The normalized spacial score (nSPS) is 12.0. The van der Waals surface area contributed by atoms with Gasteiger partial charge in [-0.1, -0.05) is 12.1 Å². The Morgan fingerprint density at radius 2 is 1.71 bits per heavy atom. The number of hydrogen-bond donors (Lipinski definition) is 1. The fourth-order valence-electron chi connectivity index (χ4n) is 1.88. The van der Waals surface area contributed by atoms with Crippen LogP contribution in [-0.4, -0.2) is 20.0 Å². The summed E-state index contributed by atoms with van der Waals surface area (Å²) in [7, 11) is 3.19. The lowest BCUT2D eigenvalue weighted by atomic mass is 10.1. The molecule has 0 bridgehead atoms. The van der Waals surface area contributed by atoms with E-state index < -0.39 is 0 Å². The van der Waals surface area contributed by atoms with Crippen LogP contribution in [0.5, 0.6) is 11.5 Å². The fourth-order valence-corrected chi connectivity index (χ4v) is 2.81. The molecule has 0 spiro atoms. The summed E-state index contributed by atoms with van der Waals surface area (Å²) in [6, 6.07) is 12.0. The van der Waals surface area contributed by atoms with Crippen molar-refractivity contribution in [3.05, 3.63) is 53.8 Å². The summed E-state index contributed by atoms with van der Waals surface area (Å²) in [6.45, 7) is 0. The molecule has 2 aromatic rings. The average molecular weight is 307 g/mol. The van der Waals surface area contributed by atoms with Crippen LogP contribution in [0.1, 0.15) is 11.6 Å². The molecular formula is C16H18FNO2S. The maximum absolute atomic E-state index is 13.6.